The first kappa shape index (κ1) is 12.5. The molecular formula is C12H11FN2O2S. The zero-order valence-electron chi connectivity index (χ0n) is 9.61. The first-order valence-electron chi connectivity index (χ1n) is 5.23. The molecule has 0 aliphatic rings. The smallest absolute Gasteiger partial charge is 0.255 e. The number of amides is 1. The first-order valence-corrected chi connectivity index (χ1v) is 6.11. The molecule has 4 nitrogen and oxygen atoms in total. The minimum absolute atomic E-state index is 0.0542. The van der Waals surface area contributed by atoms with E-state index in [1.54, 1.807) is 5.51 Å². The second-order valence-corrected chi connectivity index (χ2v) is 4.64. The number of hydrogen-bond acceptors (Lipinski definition) is 4. The molecule has 0 atom stereocenters. The standard InChI is InChI=1S/C12H11FN2O2S/c1-7-11(18-6-15-7)5-14-12(17)9-3-2-8(13)4-10(9)16/h2-4,6,16H,5H2,1H3,(H,14,17). The normalized spacial score (nSPS) is 10.3. The van der Waals surface area contributed by atoms with Gasteiger partial charge >= 0.3 is 0 Å². The lowest BCUT2D eigenvalue weighted by atomic mass is 10.2. The van der Waals surface area contributed by atoms with Crippen LogP contribution < -0.4 is 5.32 Å². The second kappa shape index (κ2) is 5.14. The molecule has 2 N–H and O–H groups in total. The number of phenolic OH excluding ortho intramolecular Hbond substituents is 1. The molecule has 1 heterocycles. The Bertz CT molecular complexity index is 583. The van der Waals surface area contributed by atoms with Gasteiger partial charge in [-0.3, -0.25) is 4.79 Å². The van der Waals surface area contributed by atoms with Crippen molar-refractivity contribution in [3.8, 4) is 5.75 Å². The average Bonchev–Trinajstić information content (AvgIpc) is 2.72. The highest BCUT2D eigenvalue weighted by atomic mass is 32.1. The van der Waals surface area contributed by atoms with Crippen LogP contribution in [0, 0.1) is 12.7 Å². The zero-order valence-corrected chi connectivity index (χ0v) is 10.4. The summed E-state index contributed by atoms with van der Waals surface area (Å²) < 4.78 is 12.8. The molecule has 2 aromatic rings. The van der Waals surface area contributed by atoms with Gasteiger partial charge in [0, 0.05) is 10.9 Å². The Morgan fingerprint density at radius 3 is 2.94 bits per heavy atom. The predicted molar refractivity (Wildman–Crippen MR) is 66.1 cm³/mol. The fourth-order valence-corrected chi connectivity index (χ4v) is 2.17. The average molecular weight is 266 g/mol. The van der Waals surface area contributed by atoms with Gasteiger partial charge in [-0.05, 0) is 19.1 Å². The van der Waals surface area contributed by atoms with Gasteiger partial charge in [0.1, 0.15) is 11.6 Å². The molecule has 0 fully saturated rings. The third kappa shape index (κ3) is 2.65. The highest BCUT2D eigenvalue weighted by Crippen LogP contribution is 2.18. The van der Waals surface area contributed by atoms with Gasteiger partial charge < -0.3 is 10.4 Å². The molecule has 94 valence electrons. The monoisotopic (exact) mass is 266 g/mol. The van der Waals surface area contributed by atoms with Gasteiger partial charge in [-0.15, -0.1) is 11.3 Å². The van der Waals surface area contributed by atoms with E-state index in [0.717, 1.165) is 22.7 Å². The molecule has 1 amide bonds. The number of nitrogens with zero attached hydrogens (tertiary/aromatic N) is 1. The van der Waals surface area contributed by atoms with Crippen LogP contribution >= 0.6 is 11.3 Å². The Hall–Kier alpha value is -1.95. The van der Waals surface area contributed by atoms with Gasteiger partial charge in [-0.2, -0.15) is 0 Å². The van der Waals surface area contributed by atoms with E-state index in [2.05, 4.69) is 10.3 Å². The van der Waals surface area contributed by atoms with Crippen LogP contribution in [0.15, 0.2) is 23.7 Å². The van der Waals surface area contributed by atoms with Crippen LogP contribution in [-0.4, -0.2) is 16.0 Å². The summed E-state index contributed by atoms with van der Waals surface area (Å²) in [6, 6.07) is 3.29. The van der Waals surface area contributed by atoms with Crippen LogP contribution in [0.5, 0.6) is 5.75 Å². The van der Waals surface area contributed by atoms with Crippen LogP contribution in [-0.2, 0) is 6.54 Å². The molecule has 0 unspecified atom stereocenters. The molecule has 2 rings (SSSR count). The van der Waals surface area contributed by atoms with Crippen LogP contribution in [0.3, 0.4) is 0 Å². The Balaban J connectivity index is 2.06. The first-order chi connectivity index (χ1) is 8.58. The van der Waals surface area contributed by atoms with Crippen molar-refractivity contribution in [2.45, 2.75) is 13.5 Å². The third-order valence-electron chi connectivity index (χ3n) is 2.46. The highest BCUT2D eigenvalue weighted by Gasteiger charge is 2.12. The van der Waals surface area contributed by atoms with Crippen LogP contribution in [0.1, 0.15) is 20.9 Å². The number of carbonyl (C=O) groups is 1. The number of aromatic nitrogens is 1. The quantitative estimate of drug-likeness (QED) is 0.895. The number of aryl methyl sites for hydroxylation is 1. The Labute approximate surface area is 107 Å². The lowest BCUT2D eigenvalue weighted by Gasteiger charge is -2.06. The number of phenols is 1. The van der Waals surface area contributed by atoms with E-state index in [9.17, 15) is 14.3 Å². The number of carbonyl (C=O) groups excluding carboxylic acids is 1. The SMILES string of the molecule is Cc1ncsc1CNC(=O)c1ccc(F)cc1O. The van der Waals surface area contributed by atoms with Gasteiger partial charge in [0.25, 0.3) is 5.91 Å². The van der Waals surface area contributed by atoms with Crippen molar-refractivity contribution < 1.29 is 14.3 Å². The molecular weight excluding hydrogens is 255 g/mol. The van der Waals surface area contributed by atoms with Crippen LogP contribution in [0.25, 0.3) is 0 Å². The van der Waals surface area contributed by atoms with Crippen LogP contribution in [0.4, 0.5) is 4.39 Å². The van der Waals surface area contributed by atoms with Gasteiger partial charge in [0.15, 0.2) is 0 Å². The maximum atomic E-state index is 12.8. The molecule has 0 spiro atoms. The van der Waals surface area contributed by atoms with E-state index < -0.39 is 11.7 Å². The summed E-state index contributed by atoms with van der Waals surface area (Å²) in [5, 5.41) is 12.1. The predicted octanol–water partition coefficient (Wildman–Crippen LogP) is 2.23. The molecule has 0 saturated heterocycles. The number of hydrogen-bond donors (Lipinski definition) is 2. The Morgan fingerprint density at radius 2 is 2.33 bits per heavy atom. The number of nitrogens with one attached hydrogen (secondary N) is 1. The molecule has 1 aromatic carbocycles. The molecule has 0 saturated carbocycles. The number of rotatable bonds is 3. The topological polar surface area (TPSA) is 62.2 Å². The summed E-state index contributed by atoms with van der Waals surface area (Å²) in [7, 11) is 0. The molecule has 0 bridgehead atoms. The van der Waals surface area contributed by atoms with E-state index in [1.165, 1.54) is 17.4 Å². The van der Waals surface area contributed by atoms with Gasteiger partial charge in [-0.1, -0.05) is 0 Å². The van der Waals surface area contributed by atoms with Crippen molar-refractivity contribution in [2.75, 3.05) is 0 Å². The minimum atomic E-state index is -0.581. The second-order valence-electron chi connectivity index (χ2n) is 3.71. The van der Waals surface area contributed by atoms with E-state index in [0.29, 0.717) is 6.54 Å². The number of thiazole rings is 1. The Morgan fingerprint density at radius 1 is 1.56 bits per heavy atom. The number of aromatic hydroxyl groups is 1. The number of benzene rings is 1. The molecule has 0 aliphatic heterocycles. The summed E-state index contributed by atoms with van der Waals surface area (Å²) >= 11 is 1.45. The minimum Gasteiger partial charge on any atom is -0.507 e. The van der Waals surface area contributed by atoms with Gasteiger partial charge in [0.05, 0.1) is 23.3 Å². The van der Waals surface area contributed by atoms with Gasteiger partial charge in [-0.25, -0.2) is 9.37 Å². The molecule has 0 radical (unpaired) electrons. The maximum Gasteiger partial charge on any atom is 0.255 e. The lowest BCUT2D eigenvalue weighted by molar-refractivity contribution is 0.0948. The molecule has 1 aromatic heterocycles. The Kier molecular flexibility index (Phi) is 3.57. The van der Waals surface area contributed by atoms with Gasteiger partial charge in [0.2, 0.25) is 0 Å². The van der Waals surface area contributed by atoms with E-state index in [1.807, 2.05) is 6.92 Å². The number of halogens is 1. The molecule has 0 aliphatic carbocycles. The summed E-state index contributed by atoms with van der Waals surface area (Å²) in [6.07, 6.45) is 0. The molecule has 6 heteroatoms. The molecule has 18 heavy (non-hydrogen) atoms. The maximum absolute atomic E-state index is 12.8. The highest BCUT2D eigenvalue weighted by molar-refractivity contribution is 7.09. The fraction of sp³-hybridized carbons (Fsp3) is 0.167. The van der Waals surface area contributed by atoms with Crippen molar-refractivity contribution in [3.63, 3.8) is 0 Å². The van der Waals surface area contributed by atoms with E-state index in [-0.39, 0.29) is 11.3 Å². The lowest BCUT2D eigenvalue weighted by Crippen LogP contribution is -2.22. The summed E-state index contributed by atoms with van der Waals surface area (Å²) in [5.41, 5.74) is 2.62. The van der Waals surface area contributed by atoms with E-state index >= 15 is 0 Å². The summed E-state index contributed by atoms with van der Waals surface area (Å²) in [6.45, 7) is 2.19. The van der Waals surface area contributed by atoms with Crippen molar-refractivity contribution >= 4 is 17.2 Å². The fourth-order valence-electron chi connectivity index (χ4n) is 1.45. The van der Waals surface area contributed by atoms with E-state index in [4.69, 9.17) is 0 Å². The van der Waals surface area contributed by atoms with Crippen LogP contribution in [0.2, 0.25) is 0 Å². The van der Waals surface area contributed by atoms with Crippen molar-refractivity contribution in [2.24, 2.45) is 0 Å². The largest absolute Gasteiger partial charge is 0.507 e. The summed E-state index contributed by atoms with van der Waals surface area (Å²) in [5.74, 6) is -1.39. The zero-order chi connectivity index (χ0) is 13.1. The van der Waals surface area contributed by atoms with Crippen molar-refractivity contribution in [1.82, 2.24) is 10.3 Å². The van der Waals surface area contributed by atoms with Crippen molar-refractivity contribution in [3.05, 3.63) is 45.7 Å². The van der Waals surface area contributed by atoms with Crippen molar-refractivity contribution in [1.29, 1.82) is 0 Å². The summed E-state index contributed by atoms with van der Waals surface area (Å²) in [4.78, 5) is 16.8. The third-order valence-corrected chi connectivity index (χ3v) is 3.39.